The van der Waals surface area contributed by atoms with Gasteiger partial charge in [0.05, 0.1) is 18.8 Å². The molecule has 1 aliphatic rings. The summed E-state index contributed by atoms with van der Waals surface area (Å²) in [7, 11) is 0. The summed E-state index contributed by atoms with van der Waals surface area (Å²) in [5.41, 5.74) is 1.97. The maximum absolute atomic E-state index is 9.94. The lowest BCUT2D eigenvalue weighted by Gasteiger charge is -2.35. The Balaban J connectivity index is 2.04. The molecule has 1 heterocycles. The van der Waals surface area contributed by atoms with Crippen molar-refractivity contribution in [2.24, 2.45) is 0 Å². The van der Waals surface area contributed by atoms with Gasteiger partial charge >= 0.3 is 0 Å². The predicted molar refractivity (Wildman–Crippen MR) is 70.7 cm³/mol. The van der Waals surface area contributed by atoms with E-state index in [-0.39, 0.29) is 6.10 Å². The van der Waals surface area contributed by atoms with Gasteiger partial charge in [0.15, 0.2) is 0 Å². The molecule has 0 bridgehead atoms. The van der Waals surface area contributed by atoms with Crippen molar-refractivity contribution in [1.82, 2.24) is 0 Å². The van der Waals surface area contributed by atoms with Gasteiger partial charge in [0.25, 0.3) is 0 Å². The quantitative estimate of drug-likeness (QED) is 0.829. The number of para-hydroxylation sites is 1. The number of β-amino-alcohol motifs (C(OH)–C–C–N with tert-alkyl or cyclic N) is 1. The monoisotopic (exact) mass is 251 g/mol. The largest absolute Gasteiger partial charge is 0.389 e. The minimum Gasteiger partial charge on any atom is -0.389 e. The third-order valence-corrected chi connectivity index (χ3v) is 3.25. The minimum absolute atomic E-state index is 0.359. The third-order valence-electron chi connectivity index (χ3n) is 3.25. The molecule has 2 rings (SSSR count). The highest BCUT2D eigenvalue weighted by atomic mass is 16.5. The summed E-state index contributed by atoms with van der Waals surface area (Å²) in [6.07, 6.45) is -0.173. The molecular formula is C14H21NO3. The van der Waals surface area contributed by atoms with E-state index in [4.69, 9.17) is 4.74 Å². The van der Waals surface area contributed by atoms with Gasteiger partial charge in [0, 0.05) is 30.9 Å². The number of rotatable bonds is 5. The molecule has 1 aromatic carbocycles. The van der Waals surface area contributed by atoms with Gasteiger partial charge in [-0.2, -0.15) is 0 Å². The second-order valence-corrected chi connectivity index (χ2v) is 4.62. The van der Waals surface area contributed by atoms with E-state index in [1.165, 1.54) is 0 Å². The highest BCUT2D eigenvalue weighted by Crippen LogP contribution is 2.33. The molecule has 2 unspecified atom stereocenters. The standard InChI is InChI=1S/C14H21NO3/c1-2-18-10-11(16)9-15-8-7-14(17)12-5-3-4-6-13(12)15/h3-6,11,14,16-17H,2,7-10H2,1H3. The molecular weight excluding hydrogens is 230 g/mol. The Morgan fingerprint density at radius 1 is 1.44 bits per heavy atom. The van der Waals surface area contributed by atoms with Crippen LogP contribution in [0, 0.1) is 0 Å². The van der Waals surface area contributed by atoms with Crippen LogP contribution < -0.4 is 4.90 Å². The van der Waals surface area contributed by atoms with E-state index >= 15 is 0 Å². The molecule has 0 radical (unpaired) electrons. The van der Waals surface area contributed by atoms with Gasteiger partial charge < -0.3 is 19.8 Å². The van der Waals surface area contributed by atoms with E-state index in [1.54, 1.807) is 0 Å². The summed E-state index contributed by atoms with van der Waals surface area (Å²) in [6.45, 7) is 4.20. The van der Waals surface area contributed by atoms with Crippen LogP contribution in [0.5, 0.6) is 0 Å². The van der Waals surface area contributed by atoms with E-state index < -0.39 is 6.10 Å². The number of hydrogen-bond donors (Lipinski definition) is 2. The second-order valence-electron chi connectivity index (χ2n) is 4.62. The number of aliphatic hydroxyl groups is 2. The number of anilines is 1. The fraction of sp³-hybridized carbons (Fsp3) is 0.571. The average Bonchev–Trinajstić information content (AvgIpc) is 2.40. The number of ether oxygens (including phenoxy) is 1. The molecule has 0 saturated carbocycles. The molecule has 0 aromatic heterocycles. The van der Waals surface area contributed by atoms with Crippen LogP contribution in [0.4, 0.5) is 5.69 Å². The van der Waals surface area contributed by atoms with Crippen molar-refractivity contribution in [3.8, 4) is 0 Å². The van der Waals surface area contributed by atoms with Crippen molar-refractivity contribution in [3.63, 3.8) is 0 Å². The van der Waals surface area contributed by atoms with Crippen molar-refractivity contribution in [2.45, 2.75) is 25.6 Å². The zero-order valence-electron chi connectivity index (χ0n) is 10.7. The number of benzene rings is 1. The number of fused-ring (bicyclic) bond motifs is 1. The number of aliphatic hydroxyl groups excluding tert-OH is 2. The zero-order valence-corrected chi connectivity index (χ0v) is 10.7. The van der Waals surface area contributed by atoms with Gasteiger partial charge in [-0.15, -0.1) is 0 Å². The van der Waals surface area contributed by atoms with Crippen molar-refractivity contribution in [2.75, 3.05) is 31.2 Å². The Kier molecular flexibility index (Phi) is 4.58. The van der Waals surface area contributed by atoms with E-state index in [9.17, 15) is 10.2 Å². The van der Waals surface area contributed by atoms with E-state index in [0.717, 1.165) is 17.8 Å². The van der Waals surface area contributed by atoms with Gasteiger partial charge in [-0.1, -0.05) is 18.2 Å². The Bertz CT molecular complexity index is 383. The summed E-state index contributed by atoms with van der Waals surface area (Å²) >= 11 is 0. The molecule has 0 amide bonds. The molecule has 1 aromatic rings. The van der Waals surface area contributed by atoms with E-state index in [1.807, 2.05) is 31.2 Å². The van der Waals surface area contributed by atoms with Gasteiger partial charge in [-0.3, -0.25) is 0 Å². The molecule has 0 saturated heterocycles. The molecule has 0 aliphatic carbocycles. The maximum Gasteiger partial charge on any atom is 0.0947 e. The molecule has 0 spiro atoms. The van der Waals surface area contributed by atoms with Crippen LogP contribution in [0.15, 0.2) is 24.3 Å². The van der Waals surface area contributed by atoms with Gasteiger partial charge in [0.1, 0.15) is 0 Å². The lowest BCUT2D eigenvalue weighted by atomic mass is 9.98. The summed E-state index contributed by atoms with van der Waals surface area (Å²) in [5, 5.41) is 19.8. The van der Waals surface area contributed by atoms with Crippen LogP contribution in [0.1, 0.15) is 25.0 Å². The summed E-state index contributed by atoms with van der Waals surface area (Å²) < 4.78 is 5.22. The minimum atomic E-state index is -0.492. The fourth-order valence-electron chi connectivity index (χ4n) is 2.36. The van der Waals surface area contributed by atoms with Crippen molar-refractivity contribution >= 4 is 5.69 Å². The van der Waals surface area contributed by atoms with Crippen molar-refractivity contribution in [1.29, 1.82) is 0 Å². The Hall–Kier alpha value is -1.10. The molecule has 0 fully saturated rings. The van der Waals surface area contributed by atoms with Crippen molar-refractivity contribution < 1.29 is 14.9 Å². The first-order chi connectivity index (χ1) is 8.72. The van der Waals surface area contributed by atoms with Crippen LogP contribution in [0.2, 0.25) is 0 Å². The molecule has 18 heavy (non-hydrogen) atoms. The van der Waals surface area contributed by atoms with Gasteiger partial charge in [0.2, 0.25) is 0 Å². The van der Waals surface area contributed by atoms with Crippen LogP contribution in [-0.4, -0.2) is 42.6 Å². The number of nitrogens with zero attached hydrogens (tertiary/aromatic N) is 1. The topological polar surface area (TPSA) is 52.9 Å². The van der Waals surface area contributed by atoms with E-state index in [2.05, 4.69) is 4.90 Å². The first-order valence-corrected chi connectivity index (χ1v) is 6.50. The predicted octanol–water partition coefficient (Wildman–Crippen LogP) is 1.33. The van der Waals surface area contributed by atoms with Crippen molar-refractivity contribution in [3.05, 3.63) is 29.8 Å². The Labute approximate surface area is 108 Å². The van der Waals surface area contributed by atoms with Crippen LogP contribution >= 0.6 is 0 Å². The first kappa shape index (κ1) is 13.3. The maximum atomic E-state index is 9.94. The normalized spacial score (nSPS) is 20.6. The van der Waals surface area contributed by atoms with Crippen LogP contribution in [0.3, 0.4) is 0 Å². The van der Waals surface area contributed by atoms with Crippen LogP contribution in [-0.2, 0) is 4.74 Å². The lowest BCUT2D eigenvalue weighted by Crippen LogP contribution is -2.39. The molecule has 2 N–H and O–H groups in total. The number of hydrogen-bond acceptors (Lipinski definition) is 4. The highest BCUT2D eigenvalue weighted by Gasteiger charge is 2.24. The highest BCUT2D eigenvalue weighted by molar-refractivity contribution is 5.56. The lowest BCUT2D eigenvalue weighted by molar-refractivity contribution is 0.0454. The average molecular weight is 251 g/mol. The fourth-order valence-corrected chi connectivity index (χ4v) is 2.36. The molecule has 100 valence electrons. The summed E-state index contributed by atoms with van der Waals surface area (Å²) in [4.78, 5) is 2.12. The SMILES string of the molecule is CCOCC(O)CN1CCC(O)c2ccccc21. The molecule has 2 atom stereocenters. The first-order valence-electron chi connectivity index (χ1n) is 6.50. The molecule has 4 nitrogen and oxygen atoms in total. The van der Waals surface area contributed by atoms with E-state index in [0.29, 0.717) is 26.2 Å². The second kappa shape index (κ2) is 6.18. The molecule has 1 aliphatic heterocycles. The third kappa shape index (κ3) is 3.02. The zero-order chi connectivity index (χ0) is 13.0. The molecule has 4 heteroatoms. The Morgan fingerprint density at radius 3 is 3.00 bits per heavy atom. The summed E-state index contributed by atoms with van der Waals surface area (Å²) in [5.74, 6) is 0. The smallest absolute Gasteiger partial charge is 0.0947 e. The van der Waals surface area contributed by atoms with Crippen LogP contribution in [0.25, 0.3) is 0 Å². The van der Waals surface area contributed by atoms with Gasteiger partial charge in [-0.05, 0) is 19.4 Å². The van der Waals surface area contributed by atoms with Gasteiger partial charge in [-0.25, -0.2) is 0 Å². The summed E-state index contributed by atoms with van der Waals surface area (Å²) in [6, 6.07) is 7.83. The Morgan fingerprint density at radius 2 is 2.22 bits per heavy atom.